The van der Waals surface area contributed by atoms with Crippen LogP contribution < -0.4 is 0 Å². The summed E-state index contributed by atoms with van der Waals surface area (Å²) in [6.07, 6.45) is 0. The third kappa shape index (κ3) is 2.94. The van der Waals surface area contributed by atoms with Crippen LogP contribution in [0.4, 0.5) is 0 Å². The van der Waals surface area contributed by atoms with Crippen LogP contribution in [0.15, 0.2) is 0 Å². The van der Waals surface area contributed by atoms with E-state index in [0.717, 1.165) is 7.11 Å². The van der Waals surface area contributed by atoms with Crippen LogP contribution in [0.5, 0.6) is 0 Å². The first kappa shape index (κ1) is 12.3. The molecule has 0 fully saturated rings. The fourth-order valence-corrected chi connectivity index (χ4v) is 3.92. The molecule has 1 unspecified atom stereocenters. The Morgan fingerprint density at radius 3 is 2.18 bits per heavy atom. The summed E-state index contributed by atoms with van der Waals surface area (Å²) in [6, 6.07) is 0. The van der Waals surface area contributed by atoms with Crippen molar-refractivity contribution in [2.45, 2.75) is 1.12 Å². The molecule has 0 aromatic rings. The van der Waals surface area contributed by atoms with Gasteiger partial charge in [0.1, 0.15) is 0 Å². The van der Waals surface area contributed by atoms with Gasteiger partial charge in [0.05, 0.1) is 0 Å². The Hall–Kier alpha value is 1.33. The average molecular weight is 383 g/mol. The van der Waals surface area contributed by atoms with Gasteiger partial charge in [0.2, 0.25) is 0 Å². The number of halogens is 3. The van der Waals surface area contributed by atoms with E-state index in [1.807, 2.05) is 0 Å². The molecule has 0 saturated carbocycles. The van der Waals surface area contributed by atoms with Crippen molar-refractivity contribution in [3.05, 3.63) is 0 Å². The van der Waals surface area contributed by atoms with Crippen molar-refractivity contribution in [3.63, 3.8) is 0 Å². The first-order valence-electron chi connectivity index (χ1n) is 2.02. The van der Waals surface area contributed by atoms with E-state index in [-0.39, 0.29) is 0 Å². The van der Waals surface area contributed by atoms with Crippen LogP contribution >= 0.6 is 48.2 Å². The van der Waals surface area contributed by atoms with Gasteiger partial charge in [-0.05, 0) is 0 Å². The fraction of sp³-hybridized carbons (Fsp3) is 1.00. The minimum absolute atomic E-state index is 1.11. The maximum absolute atomic E-state index is 10.4. The number of alkyl halides is 3. The van der Waals surface area contributed by atoms with Crippen molar-refractivity contribution in [2.75, 3.05) is 7.11 Å². The third-order valence-corrected chi connectivity index (χ3v) is 10.0. The molecule has 70 valence electrons. The molecule has 0 bridgehead atoms. The van der Waals surface area contributed by atoms with Gasteiger partial charge in [-0.25, -0.2) is 0 Å². The molecule has 0 aliphatic rings. The van der Waals surface area contributed by atoms with Gasteiger partial charge in [0, 0.05) is 0 Å². The first-order valence-corrected chi connectivity index (χ1v) is 7.55. The molecular weight excluding hydrogens is 378 g/mol. The predicted molar refractivity (Wildman–Crippen MR) is 52.3 cm³/mol. The van der Waals surface area contributed by atoms with Crippen LogP contribution in [0.3, 0.4) is 0 Å². The van der Waals surface area contributed by atoms with Crippen LogP contribution in [0.1, 0.15) is 0 Å². The quantitative estimate of drug-likeness (QED) is 0.433. The van der Waals surface area contributed by atoms with Gasteiger partial charge >= 0.3 is 86.0 Å². The molecule has 2 N–H and O–H groups in total. The van der Waals surface area contributed by atoms with Crippen molar-refractivity contribution in [1.82, 2.24) is 0 Å². The minimum atomic E-state index is -4.54. The zero-order chi connectivity index (χ0) is 9.28. The van der Waals surface area contributed by atoms with Crippen molar-refractivity contribution < 1.29 is 19.5 Å². The Morgan fingerprint density at radius 1 is 1.73 bits per heavy atom. The summed E-state index contributed by atoms with van der Waals surface area (Å²) in [5, 5.41) is 0. The topological polar surface area (TPSA) is 83.8 Å². The van der Waals surface area contributed by atoms with E-state index >= 15 is 0 Å². The van der Waals surface area contributed by atoms with Crippen molar-refractivity contribution >= 4 is 58.3 Å². The second-order valence-corrected chi connectivity index (χ2v) is 12.5. The molecule has 0 aliphatic heterocycles. The number of hydrogen-bond donors (Lipinski definition) is 2. The van der Waals surface area contributed by atoms with E-state index in [4.69, 9.17) is 19.6 Å². The zero-order valence-electron chi connectivity index (χ0n) is 5.16. The fourth-order valence-electron chi connectivity index (χ4n) is 0.173. The van der Waals surface area contributed by atoms with Crippen LogP contribution in [0.25, 0.3) is 0 Å². The normalized spacial score (nSPS) is 19.2. The van der Waals surface area contributed by atoms with Crippen LogP contribution in [0.2, 0.25) is 0 Å². The number of rotatable bonds is 3. The standard InChI is InChI=1S/C2H5BrClIO5S/c1-10-5(6)2(3,4)11(7,8)9/h6H,1H3,(H,7,8,9). The van der Waals surface area contributed by atoms with Crippen LogP contribution in [-0.4, -0.2) is 24.6 Å². The molecule has 0 aromatic heterocycles. The zero-order valence-corrected chi connectivity index (χ0v) is 10.5. The summed E-state index contributed by atoms with van der Waals surface area (Å²) >= 11 is 4.35. The summed E-state index contributed by atoms with van der Waals surface area (Å²) < 4.78 is 40.3. The van der Waals surface area contributed by atoms with Gasteiger partial charge in [0.25, 0.3) is 0 Å². The monoisotopic (exact) mass is 382 g/mol. The third-order valence-electron chi connectivity index (χ3n) is 0.627. The van der Waals surface area contributed by atoms with Crippen LogP contribution in [-0.2, 0) is 13.2 Å². The summed E-state index contributed by atoms with van der Waals surface area (Å²) in [4.78, 5) is 0. The summed E-state index contributed by atoms with van der Waals surface area (Å²) in [5.74, 6) is 0. The van der Waals surface area contributed by atoms with E-state index in [9.17, 15) is 8.42 Å². The molecule has 1 atom stereocenters. The molecule has 0 spiro atoms. The SMILES string of the molecule is COI(O)C(Cl)(Br)S(=O)(=O)O. The van der Waals surface area contributed by atoms with E-state index in [2.05, 4.69) is 19.0 Å². The Kier molecular flexibility index (Phi) is 4.51. The summed E-state index contributed by atoms with van der Waals surface area (Å²) in [5.41, 5.74) is 0. The average Bonchev–Trinajstić information content (AvgIpc) is 1.83. The molecule has 5 nitrogen and oxygen atoms in total. The molecular formula is C2H5BrClIO5S. The molecule has 0 amide bonds. The van der Waals surface area contributed by atoms with Gasteiger partial charge in [-0.3, -0.25) is 0 Å². The molecule has 9 heteroatoms. The molecule has 0 rings (SSSR count). The second kappa shape index (κ2) is 4.03. The molecule has 0 saturated heterocycles. The molecule has 0 heterocycles. The Balaban J connectivity index is 4.74. The molecule has 0 aliphatic carbocycles. The van der Waals surface area contributed by atoms with Crippen LogP contribution in [0, 0.1) is 0 Å². The molecule has 0 aromatic carbocycles. The Bertz CT molecular complexity index is 227. The van der Waals surface area contributed by atoms with Gasteiger partial charge in [-0.2, -0.15) is 0 Å². The summed E-state index contributed by atoms with van der Waals surface area (Å²) in [6.45, 7) is 0. The first-order chi connectivity index (χ1) is 4.73. The van der Waals surface area contributed by atoms with E-state index in [1.54, 1.807) is 0 Å². The van der Waals surface area contributed by atoms with Crippen molar-refractivity contribution in [3.8, 4) is 0 Å². The van der Waals surface area contributed by atoms with Gasteiger partial charge in [0.15, 0.2) is 0 Å². The van der Waals surface area contributed by atoms with E-state index in [1.165, 1.54) is 0 Å². The second-order valence-electron chi connectivity index (χ2n) is 1.31. The molecule has 11 heavy (non-hydrogen) atoms. The van der Waals surface area contributed by atoms with Gasteiger partial charge in [-0.1, -0.05) is 0 Å². The van der Waals surface area contributed by atoms with E-state index in [0.29, 0.717) is 0 Å². The Labute approximate surface area is 85.4 Å². The number of hydrogen-bond acceptors (Lipinski definition) is 4. The van der Waals surface area contributed by atoms with Crippen molar-refractivity contribution in [2.24, 2.45) is 0 Å². The summed E-state index contributed by atoms with van der Waals surface area (Å²) in [7, 11) is -3.43. The van der Waals surface area contributed by atoms with Gasteiger partial charge < -0.3 is 0 Å². The predicted octanol–water partition coefficient (Wildman–Crippen LogP) is 1.09. The maximum atomic E-state index is 10.4. The van der Waals surface area contributed by atoms with Gasteiger partial charge in [-0.15, -0.1) is 0 Å². The van der Waals surface area contributed by atoms with Crippen molar-refractivity contribution in [1.29, 1.82) is 0 Å². The molecule has 0 radical (unpaired) electrons. The van der Waals surface area contributed by atoms with E-state index < -0.39 is 31.9 Å². The Morgan fingerprint density at radius 2 is 2.09 bits per heavy atom.